The van der Waals surface area contributed by atoms with Gasteiger partial charge < -0.3 is 19.9 Å². The fraction of sp³-hybridized carbons (Fsp3) is 0.280. The van der Waals surface area contributed by atoms with Crippen LogP contribution < -0.4 is 5.32 Å². The predicted molar refractivity (Wildman–Crippen MR) is 132 cm³/mol. The van der Waals surface area contributed by atoms with E-state index in [1.807, 2.05) is 59.5 Å². The van der Waals surface area contributed by atoms with Crippen LogP contribution in [0.5, 0.6) is 0 Å². The summed E-state index contributed by atoms with van der Waals surface area (Å²) in [5, 5.41) is 3.89. The topological polar surface area (TPSA) is 78.4 Å². The number of amides is 1. The van der Waals surface area contributed by atoms with Gasteiger partial charge in [0, 0.05) is 54.2 Å². The van der Waals surface area contributed by atoms with Gasteiger partial charge in [0.05, 0.1) is 5.69 Å². The molecule has 1 fully saturated rings. The van der Waals surface area contributed by atoms with Gasteiger partial charge in [-0.1, -0.05) is 30.7 Å². The number of carbonyl (C=O) groups is 2. The van der Waals surface area contributed by atoms with Gasteiger partial charge >= 0.3 is 0 Å². The minimum absolute atomic E-state index is 0.0817. The molecule has 2 aromatic carbocycles. The molecular formula is C25H28ClN5O2. The van der Waals surface area contributed by atoms with Crippen LogP contribution in [0.15, 0.2) is 60.8 Å². The third-order valence-corrected chi connectivity index (χ3v) is 5.54. The van der Waals surface area contributed by atoms with Crippen molar-refractivity contribution < 1.29 is 9.59 Å². The Morgan fingerprint density at radius 1 is 1.03 bits per heavy atom. The Kier molecular flexibility index (Phi) is 8.92. The zero-order chi connectivity index (χ0) is 23.6. The molecule has 1 N–H and O–H groups in total. The number of hydrogen-bond acceptors (Lipinski definition) is 6. The highest BCUT2D eigenvalue weighted by Crippen LogP contribution is 2.22. The van der Waals surface area contributed by atoms with Crippen LogP contribution in [-0.4, -0.2) is 64.7 Å². The fourth-order valence-corrected chi connectivity index (χ4v) is 3.60. The van der Waals surface area contributed by atoms with Crippen LogP contribution in [0.1, 0.15) is 24.2 Å². The second kappa shape index (κ2) is 12.1. The molecule has 33 heavy (non-hydrogen) atoms. The lowest BCUT2D eigenvalue weighted by Crippen LogP contribution is -2.48. The number of nitrogens with zero attached hydrogens (tertiary/aromatic N) is 4. The Morgan fingerprint density at radius 3 is 2.27 bits per heavy atom. The second-order valence-electron chi connectivity index (χ2n) is 7.44. The Labute approximate surface area is 199 Å². The second-order valence-corrected chi connectivity index (χ2v) is 7.87. The maximum Gasteiger partial charge on any atom is 0.253 e. The lowest BCUT2D eigenvalue weighted by molar-refractivity contribution is -0.106. The highest BCUT2D eigenvalue weighted by Gasteiger charge is 2.21. The molecule has 0 radical (unpaired) electrons. The first-order chi connectivity index (χ1) is 16.0. The van der Waals surface area contributed by atoms with E-state index >= 15 is 0 Å². The quantitative estimate of drug-likeness (QED) is 0.558. The monoisotopic (exact) mass is 465 g/mol. The van der Waals surface area contributed by atoms with Crippen molar-refractivity contribution in [1.29, 1.82) is 0 Å². The van der Waals surface area contributed by atoms with E-state index in [-0.39, 0.29) is 5.91 Å². The SMILES string of the molecule is CC=O.CCN1CCN(C(=O)c2ccc(Nc3nccc(-c4ccc(Cl)cc4)n3)cc2)CC1. The van der Waals surface area contributed by atoms with Crippen LogP contribution in [0, 0.1) is 0 Å². The molecule has 0 saturated carbocycles. The largest absolute Gasteiger partial charge is 0.336 e. The molecule has 0 aliphatic carbocycles. The van der Waals surface area contributed by atoms with Gasteiger partial charge in [0.1, 0.15) is 6.29 Å². The summed E-state index contributed by atoms with van der Waals surface area (Å²) in [6, 6.07) is 16.8. The molecule has 1 amide bonds. The Bertz CT molecular complexity index is 1050. The summed E-state index contributed by atoms with van der Waals surface area (Å²) in [6.07, 6.45) is 2.47. The van der Waals surface area contributed by atoms with Crippen molar-refractivity contribution in [3.63, 3.8) is 0 Å². The van der Waals surface area contributed by atoms with Crippen molar-refractivity contribution >= 4 is 35.4 Å². The van der Waals surface area contributed by atoms with Crippen LogP contribution in [0.2, 0.25) is 5.02 Å². The maximum atomic E-state index is 12.7. The van der Waals surface area contributed by atoms with Crippen LogP contribution in [-0.2, 0) is 4.79 Å². The molecule has 0 atom stereocenters. The van der Waals surface area contributed by atoms with Crippen molar-refractivity contribution in [3.8, 4) is 11.3 Å². The number of rotatable bonds is 5. The minimum Gasteiger partial charge on any atom is -0.336 e. The molecule has 1 aliphatic heterocycles. The molecule has 1 aliphatic rings. The van der Waals surface area contributed by atoms with Gasteiger partial charge in [-0.25, -0.2) is 9.97 Å². The van der Waals surface area contributed by atoms with Crippen LogP contribution in [0.25, 0.3) is 11.3 Å². The zero-order valence-corrected chi connectivity index (χ0v) is 19.6. The van der Waals surface area contributed by atoms with E-state index < -0.39 is 0 Å². The first kappa shape index (κ1) is 24.4. The molecule has 0 spiro atoms. The number of halogens is 1. The number of aromatic nitrogens is 2. The van der Waals surface area contributed by atoms with Crippen molar-refractivity contribution in [2.75, 3.05) is 38.0 Å². The molecule has 1 saturated heterocycles. The van der Waals surface area contributed by atoms with Crippen molar-refractivity contribution in [2.24, 2.45) is 0 Å². The summed E-state index contributed by atoms with van der Waals surface area (Å²) in [6.45, 7) is 8.05. The lowest BCUT2D eigenvalue weighted by Gasteiger charge is -2.34. The van der Waals surface area contributed by atoms with Crippen LogP contribution in [0.4, 0.5) is 11.6 Å². The number of nitrogens with one attached hydrogen (secondary N) is 1. The van der Waals surface area contributed by atoms with E-state index in [4.69, 9.17) is 16.4 Å². The third kappa shape index (κ3) is 6.84. The van der Waals surface area contributed by atoms with Gasteiger partial charge in [0.2, 0.25) is 5.95 Å². The molecule has 0 bridgehead atoms. The van der Waals surface area contributed by atoms with Gasteiger partial charge in [-0.2, -0.15) is 0 Å². The molecule has 8 heteroatoms. The lowest BCUT2D eigenvalue weighted by atomic mass is 10.1. The number of benzene rings is 2. The summed E-state index contributed by atoms with van der Waals surface area (Å²) in [4.78, 5) is 34.7. The molecule has 7 nitrogen and oxygen atoms in total. The smallest absolute Gasteiger partial charge is 0.253 e. The molecule has 0 unspecified atom stereocenters. The summed E-state index contributed by atoms with van der Waals surface area (Å²) in [5.74, 6) is 0.579. The van der Waals surface area contributed by atoms with E-state index in [9.17, 15) is 4.79 Å². The number of piperazine rings is 1. The van der Waals surface area contributed by atoms with Crippen LogP contribution >= 0.6 is 11.6 Å². The number of aldehydes is 1. The average molecular weight is 466 g/mol. The zero-order valence-electron chi connectivity index (χ0n) is 18.9. The Balaban J connectivity index is 0.000000968. The summed E-state index contributed by atoms with van der Waals surface area (Å²) >= 11 is 5.96. The van der Waals surface area contributed by atoms with Gasteiger partial charge in [-0.3, -0.25) is 4.79 Å². The Hall–Kier alpha value is -3.29. The Morgan fingerprint density at radius 2 is 1.67 bits per heavy atom. The molecule has 4 rings (SSSR count). The third-order valence-electron chi connectivity index (χ3n) is 5.29. The van der Waals surface area contributed by atoms with E-state index in [2.05, 4.69) is 27.1 Å². The molecule has 3 aromatic rings. The fourth-order valence-electron chi connectivity index (χ4n) is 3.48. The number of hydrogen-bond donors (Lipinski definition) is 1. The van der Waals surface area contributed by atoms with Gasteiger partial charge in [0.15, 0.2) is 0 Å². The molecule has 1 aromatic heterocycles. The first-order valence-corrected chi connectivity index (χ1v) is 11.3. The van der Waals surface area contributed by atoms with Gasteiger partial charge in [-0.05, 0) is 55.9 Å². The van der Waals surface area contributed by atoms with E-state index in [1.54, 1.807) is 6.20 Å². The summed E-state index contributed by atoms with van der Waals surface area (Å²) in [5.41, 5.74) is 3.30. The number of likely N-dealkylation sites (N-methyl/N-ethyl adjacent to an activating group) is 1. The summed E-state index contributed by atoms with van der Waals surface area (Å²) < 4.78 is 0. The van der Waals surface area contributed by atoms with Gasteiger partial charge in [0.25, 0.3) is 5.91 Å². The van der Waals surface area contributed by atoms with E-state index in [0.29, 0.717) is 16.5 Å². The van der Waals surface area contributed by atoms with Crippen molar-refractivity contribution in [1.82, 2.24) is 19.8 Å². The van der Waals surface area contributed by atoms with Crippen LogP contribution in [0.3, 0.4) is 0 Å². The highest BCUT2D eigenvalue weighted by molar-refractivity contribution is 6.30. The van der Waals surface area contributed by atoms with E-state index in [1.165, 1.54) is 6.92 Å². The number of carbonyl (C=O) groups excluding carboxylic acids is 2. The first-order valence-electron chi connectivity index (χ1n) is 10.9. The van der Waals surface area contributed by atoms with E-state index in [0.717, 1.165) is 56.0 Å². The van der Waals surface area contributed by atoms with Crippen molar-refractivity contribution in [3.05, 3.63) is 71.4 Å². The molecule has 2 heterocycles. The average Bonchev–Trinajstić information content (AvgIpc) is 2.85. The normalized spacial score (nSPS) is 13.6. The standard InChI is InChI=1S/C23H24ClN5O.C2H4O/c1-2-28-13-15-29(16-14-28)22(30)18-5-9-20(10-6-18)26-23-25-12-11-21(27-23)17-3-7-19(24)8-4-17;1-2-3/h3-12H,2,13-16H2,1H3,(H,25,26,27);2H,1H3. The predicted octanol–water partition coefficient (Wildman–Crippen LogP) is 4.52. The van der Waals surface area contributed by atoms with Crippen molar-refractivity contribution in [2.45, 2.75) is 13.8 Å². The van der Waals surface area contributed by atoms with Gasteiger partial charge in [-0.15, -0.1) is 0 Å². The minimum atomic E-state index is 0.0817. The molecular weight excluding hydrogens is 438 g/mol. The highest BCUT2D eigenvalue weighted by atomic mass is 35.5. The summed E-state index contributed by atoms with van der Waals surface area (Å²) in [7, 11) is 0. The molecule has 172 valence electrons. The number of anilines is 2. The maximum absolute atomic E-state index is 12.7.